The molecule has 0 aliphatic heterocycles. The fourth-order valence-electron chi connectivity index (χ4n) is 2.27. The fourth-order valence-corrected chi connectivity index (χ4v) is 2.27. The molecule has 1 aromatic carbocycles. The van der Waals surface area contributed by atoms with E-state index in [4.69, 9.17) is 0 Å². The zero-order chi connectivity index (χ0) is 19.5. The minimum Gasteiger partial charge on any atom is -0.308 e. The average Bonchev–Trinajstić information content (AvgIpc) is 2.50. The van der Waals surface area contributed by atoms with Crippen LogP contribution in [-0.4, -0.2) is 24.9 Å². The molecule has 1 nitrogen and oxygen atoms in total. The Balaban J connectivity index is 3.06. The predicted molar refractivity (Wildman–Crippen MR) is 78.4 cm³/mol. The second kappa shape index (κ2) is 7.78. The summed E-state index contributed by atoms with van der Waals surface area (Å²) in [5.41, 5.74) is -1.12. The molecule has 0 fully saturated rings. The number of rotatable bonds is 9. The average molecular weight is 377 g/mol. The van der Waals surface area contributed by atoms with Crippen LogP contribution in [0.2, 0.25) is 0 Å². The number of hydrogen-bond acceptors (Lipinski definition) is 1. The molecule has 0 spiro atoms. The van der Waals surface area contributed by atoms with Crippen molar-refractivity contribution in [1.29, 1.82) is 0 Å². The van der Waals surface area contributed by atoms with E-state index in [1.54, 1.807) is 6.92 Å². The monoisotopic (exact) mass is 377 g/mol. The van der Waals surface area contributed by atoms with Crippen molar-refractivity contribution >= 4 is 5.69 Å². The molecular formula is C16H19F8N. The Kier molecular flexibility index (Phi) is 6.69. The molecule has 1 aromatic rings. The van der Waals surface area contributed by atoms with E-state index in [9.17, 15) is 35.1 Å². The van der Waals surface area contributed by atoms with Crippen LogP contribution in [0.15, 0.2) is 18.2 Å². The third-order valence-electron chi connectivity index (χ3n) is 3.87. The van der Waals surface area contributed by atoms with E-state index in [0.717, 1.165) is 0 Å². The highest BCUT2D eigenvalue weighted by atomic mass is 19.3. The van der Waals surface area contributed by atoms with E-state index in [0.29, 0.717) is 32.0 Å². The topological polar surface area (TPSA) is 3.24 Å². The Morgan fingerprint density at radius 1 is 0.920 bits per heavy atom. The van der Waals surface area contributed by atoms with Gasteiger partial charge in [-0.25, -0.2) is 8.78 Å². The van der Waals surface area contributed by atoms with Crippen molar-refractivity contribution < 1.29 is 35.1 Å². The maximum atomic E-state index is 14.1. The van der Waals surface area contributed by atoms with Crippen LogP contribution in [0.4, 0.5) is 40.8 Å². The van der Waals surface area contributed by atoms with Gasteiger partial charge < -0.3 is 4.90 Å². The Bertz CT molecular complexity index is 573. The van der Waals surface area contributed by atoms with Gasteiger partial charge in [-0.3, -0.25) is 0 Å². The van der Waals surface area contributed by atoms with E-state index in [1.165, 1.54) is 0 Å². The second-order valence-electron chi connectivity index (χ2n) is 5.79. The molecule has 0 radical (unpaired) electrons. The summed E-state index contributed by atoms with van der Waals surface area (Å²) in [5.74, 6) is -13.4. The molecule has 0 aliphatic rings. The predicted octanol–water partition coefficient (Wildman–Crippen LogP) is 6.23. The Morgan fingerprint density at radius 3 is 2.04 bits per heavy atom. The first kappa shape index (κ1) is 21.5. The molecule has 1 rings (SSSR count). The number of anilines is 1. The van der Waals surface area contributed by atoms with Crippen molar-refractivity contribution in [3.05, 3.63) is 29.8 Å². The SMILES string of the molecule is CCCCCCC(F)(F)C(F)(F)C(F)(F)N(C)c1ccc(F)cc1F. The number of unbranched alkanes of at least 4 members (excludes halogenated alkanes) is 3. The van der Waals surface area contributed by atoms with Gasteiger partial charge in [0.15, 0.2) is 0 Å². The van der Waals surface area contributed by atoms with Gasteiger partial charge in [-0.05, 0) is 18.6 Å². The maximum Gasteiger partial charge on any atom is 0.394 e. The highest BCUT2D eigenvalue weighted by Gasteiger charge is 2.73. The van der Waals surface area contributed by atoms with E-state index in [2.05, 4.69) is 0 Å². The van der Waals surface area contributed by atoms with Gasteiger partial charge in [-0.1, -0.05) is 26.2 Å². The summed E-state index contributed by atoms with van der Waals surface area (Å²) in [5, 5.41) is 0. The summed E-state index contributed by atoms with van der Waals surface area (Å²) in [4.78, 5) is -0.596. The first-order chi connectivity index (χ1) is 11.4. The summed E-state index contributed by atoms with van der Waals surface area (Å²) in [7, 11) is 0.345. The van der Waals surface area contributed by atoms with Gasteiger partial charge in [0.25, 0.3) is 0 Å². The van der Waals surface area contributed by atoms with Crippen molar-refractivity contribution in [3.8, 4) is 0 Å². The second-order valence-corrected chi connectivity index (χ2v) is 5.79. The Labute approximate surface area is 140 Å². The quantitative estimate of drug-likeness (QED) is 0.280. The van der Waals surface area contributed by atoms with Gasteiger partial charge in [-0.15, -0.1) is 0 Å². The Morgan fingerprint density at radius 2 is 1.52 bits per heavy atom. The first-order valence-corrected chi connectivity index (χ1v) is 7.70. The van der Waals surface area contributed by atoms with Crippen molar-refractivity contribution in [2.24, 2.45) is 0 Å². The van der Waals surface area contributed by atoms with E-state index >= 15 is 0 Å². The molecule has 0 atom stereocenters. The molecule has 144 valence electrons. The summed E-state index contributed by atoms with van der Waals surface area (Å²) in [6.07, 6.45) is -0.393. The van der Waals surface area contributed by atoms with Crippen molar-refractivity contribution in [2.45, 2.75) is 56.9 Å². The zero-order valence-corrected chi connectivity index (χ0v) is 13.7. The van der Waals surface area contributed by atoms with Gasteiger partial charge in [0.05, 0.1) is 5.69 Å². The molecule has 0 heterocycles. The van der Waals surface area contributed by atoms with E-state index < -0.39 is 46.5 Å². The smallest absolute Gasteiger partial charge is 0.308 e. The lowest BCUT2D eigenvalue weighted by Gasteiger charge is -2.38. The standard InChI is InChI=1S/C16H19F8N/c1-3-4-5-6-9-14(19,20)15(21,22)16(23,24)25(2)13-8-7-11(17)10-12(13)18/h7-8,10H,3-6,9H2,1-2H3. The third-order valence-corrected chi connectivity index (χ3v) is 3.87. The molecule has 0 aliphatic carbocycles. The molecule has 9 heteroatoms. The number of benzene rings is 1. The minimum atomic E-state index is -5.75. The van der Waals surface area contributed by atoms with Crippen molar-refractivity contribution in [3.63, 3.8) is 0 Å². The van der Waals surface area contributed by atoms with Gasteiger partial charge in [0, 0.05) is 19.5 Å². The normalized spacial score (nSPS) is 13.2. The number of alkyl halides is 6. The molecule has 0 amide bonds. The number of hydrogen-bond donors (Lipinski definition) is 0. The van der Waals surface area contributed by atoms with Crippen LogP contribution in [-0.2, 0) is 0 Å². The van der Waals surface area contributed by atoms with Crippen molar-refractivity contribution in [1.82, 2.24) is 0 Å². The molecule has 25 heavy (non-hydrogen) atoms. The van der Waals surface area contributed by atoms with Gasteiger partial charge in [-0.2, -0.15) is 26.3 Å². The summed E-state index contributed by atoms with van der Waals surface area (Å²) >= 11 is 0. The van der Waals surface area contributed by atoms with Crippen LogP contribution in [0.1, 0.15) is 39.0 Å². The lowest BCUT2D eigenvalue weighted by Crippen LogP contribution is -2.61. The third kappa shape index (κ3) is 4.36. The summed E-state index contributed by atoms with van der Waals surface area (Å²) < 4.78 is 110. The molecule has 0 N–H and O–H groups in total. The highest BCUT2D eigenvalue weighted by molar-refractivity contribution is 5.49. The lowest BCUT2D eigenvalue weighted by molar-refractivity contribution is -0.309. The van der Waals surface area contributed by atoms with Gasteiger partial charge in [0.2, 0.25) is 0 Å². The van der Waals surface area contributed by atoms with Crippen molar-refractivity contribution in [2.75, 3.05) is 11.9 Å². The number of nitrogens with zero attached hydrogens (tertiary/aromatic N) is 1. The first-order valence-electron chi connectivity index (χ1n) is 7.70. The summed E-state index contributed by atoms with van der Waals surface area (Å²) in [6.45, 7) is 1.77. The molecule has 0 saturated carbocycles. The summed E-state index contributed by atoms with van der Waals surface area (Å²) in [6, 6.07) is -4.15. The van der Waals surface area contributed by atoms with Crippen LogP contribution in [0.3, 0.4) is 0 Å². The Hall–Kier alpha value is -1.54. The minimum absolute atomic E-state index is 0.197. The van der Waals surface area contributed by atoms with Gasteiger partial charge >= 0.3 is 17.9 Å². The molecule has 0 aromatic heterocycles. The van der Waals surface area contributed by atoms with Crippen LogP contribution in [0.5, 0.6) is 0 Å². The molecule has 0 bridgehead atoms. The molecule has 0 unspecified atom stereocenters. The number of halogens is 8. The molecular weight excluding hydrogens is 358 g/mol. The van der Waals surface area contributed by atoms with Crippen LogP contribution >= 0.6 is 0 Å². The van der Waals surface area contributed by atoms with Gasteiger partial charge in [0.1, 0.15) is 11.6 Å². The zero-order valence-electron chi connectivity index (χ0n) is 13.7. The van der Waals surface area contributed by atoms with E-state index in [-0.39, 0.29) is 18.9 Å². The van der Waals surface area contributed by atoms with Crippen LogP contribution in [0.25, 0.3) is 0 Å². The lowest BCUT2D eigenvalue weighted by atomic mass is 10.0. The fraction of sp³-hybridized carbons (Fsp3) is 0.625. The highest BCUT2D eigenvalue weighted by Crippen LogP contribution is 2.50. The molecule has 0 saturated heterocycles. The van der Waals surface area contributed by atoms with Crippen LogP contribution < -0.4 is 4.90 Å². The van der Waals surface area contributed by atoms with E-state index in [1.807, 2.05) is 0 Å². The van der Waals surface area contributed by atoms with Crippen LogP contribution in [0, 0.1) is 11.6 Å². The maximum absolute atomic E-state index is 14.1. The largest absolute Gasteiger partial charge is 0.394 e.